The van der Waals surface area contributed by atoms with Gasteiger partial charge in [-0.1, -0.05) is 58.4 Å². The minimum absolute atomic E-state index is 0.0568. The van der Waals surface area contributed by atoms with Gasteiger partial charge >= 0.3 is 11.9 Å². The zero-order valence-electron chi connectivity index (χ0n) is 25.5. The highest BCUT2D eigenvalue weighted by atomic mass is 16.5. The highest BCUT2D eigenvalue weighted by molar-refractivity contribution is 5.92. The summed E-state index contributed by atoms with van der Waals surface area (Å²) in [5.41, 5.74) is 4.77. The summed E-state index contributed by atoms with van der Waals surface area (Å²) in [6.45, 7) is 8.52. The van der Waals surface area contributed by atoms with Gasteiger partial charge < -0.3 is 14.9 Å². The van der Waals surface area contributed by atoms with Crippen LogP contribution in [0.15, 0.2) is 24.3 Å². The molecule has 0 saturated carbocycles. The fourth-order valence-electron chi connectivity index (χ4n) is 7.44. The molecule has 2 atom stereocenters. The van der Waals surface area contributed by atoms with Crippen LogP contribution < -0.4 is 4.74 Å². The third-order valence-electron chi connectivity index (χ3n) is 9.60. The van der Waals surface area contributed by atoms with Crippen LogP contribution in [0.5, 0.6) is 11.5 Å². The number of nitrogens with zero attached hydrogens (tertiary/aromatic N) is 2. The molecule has 5 rings (SSSR count). The number of fused-ring (bicyclic) bond motifs is 2. The quantitative estimate of drug-likeness (QED) is 0.224. The molecular formula is C35H48N2O5. The van der Waals surface area contributed by atoms with E-state index in [-0.39, 0.29) is 17.6 Å². The molecule has 3 aliphatic rings. The van der Waals surface area contributed by atoms with E-state index in [1.807, 2.05) is 6.07 Å². The van der Waals surface area contributed by atoms with Crippen molar-refractivity contribution in [2.24, 2.45) is 0 Å². The number of unbranched alkanes of at least 4 members (excludes halogenated alkanes) is 2. The lowest BCUT2D eigenvalue weighted by atomic mass is 9.79. The molecule has 2 fully saturated rings. The number of carboxylic acids is 2. The second-order valence-electron chi connectivity index (χ2n) is 12.4. The number of ether oxygens (including phenoxy) is 1. The van der Waals surface area contributed by atoms with E-state index in [2.05, 4.69) is 23.6 Å². The lowest BCUT2D eigenvalue weighted by Gasteiger charge is -2.42. The van der Waals surface area contributed by atoms with Crippen molar-refractivity contribution in [3.05, 3.63) is 57.6 Å². The van der Waals surface area contributed by atoms with Crippen LogP contribution in [0.1, 0.15) is 146 Å². The maximum Gasteiger partial charge on any atom is 0.336 e. The van der Waals surface area contributed by atoms with Gasteiger partial charge in [-0.25, -0.2) is 9.59 Å². The second-order valence-corrected chi connectivity index (χ2v) is 12.4. The predicted octanol–water partition coefficient (Wildman–Crippen LogP) is 8.21. The van der Waals surface area contributed by atoms with E-state index in [0.717, 1.165) is 94.2 Å². The van der Waals surface area contributed by atoms with E-state index >= 15 is 0 Å². The van der Waals surface area contributed by atoms with E-state index in [0.29, 0.717) is 23.5 Å². The van der Waals surface area contributed by atoms with Gasteiger partial charge in [0.2, 0.25) is 0 Å². The summed E-state index contributed by atoms with van der Waals surface area (Å²) in [5, 5.41) is 20.4. The third kappa shape index (κ3) is 6.52. The molecule has 2 unspecified atom stereocenters. The first-order valence-electron chi connectivity index (χ1n) is 16.4. The molecule has 42 heavy (non-hydrogen) atoms. The van der Waals surface area contributed by atoms with Crippen molar-refractivity contribution in [3.63, 3.8) is 0 Å². The molecule has 2 saturated heterocycles. The average molecular weight is 577 g/mol. The number of hydrogen-bond donors (Lipinski definition) is 2. The van der Waals surface area contributed by atoms with Gasteiger partial charge in [-0.05, 0) is 99.6 Å². The molecule has 0 spiro atoms. The molecule has 7 nitrogen and oxygen atoms in total. The number of rotatable bonds is 12. The van der Waals surface area contributed by atoms with Crippen molar-refractivity contribution in [1.82, 2.24) is 9.80 Å². The summed E-state index contributed by atoms with van der Waals surface area (Å²) in [5.74, 6) is -0.819. The van der Waals surface area contributed by atoms with Crippen molar-refractivity contribution < 1.29 is 24.5 Å². The Morgan fingerprint density at radius 3 is 1.86 bits per heavy atom. The van der Waals surface area contributed by atoms with Crippen LogP contribution in [-0.2, 0) is 6.42 Å². The van der Waals surface area contributed by atoms with Crippen LogP contribution in [0.3, 0.4) is 0 Å². The average Bonchev–Trinajstić information content (AvgIpc) is 3.01. The van der Waals surface area contributed by atoms with Gasteiger partial charge in [0.1, 0.15) is 11.5 Å². The summed E-state index contributed by atoms with van der Waals surface area (Å²) in [7, 11) is 0. The summed E-state index contributed by atoms with van der Waals surface area (Å²) < 4.78 is 6.44. The van der Waals surface area contributed by atoms with Crippen LogP contribution in [0.25, 0.3) is 0 Å². The third-order valence-corrected chi connectivity index (χ3v) is 9.60. The largest absolute Gasteiger partial charge is 0.478 e. The molecule has 2 N–H and O–H groups in total. The summed E-state index contributed by atoms with van der Waals surface area (Å²) in [6.07, 6.45) is 14.0. The summed E-state index contributed by atoms with van der Waals surface area (Å²) >= 11 is 0. The Morgan fingerprint density at radius 1 is 0.762 bits per heavy atom. The van der Waals surface area contributed by atoms with E-state index in [4.69, 9.17) is 4.74 Å². The Bertz CT molecular complexity index is 1260. The molecule has 0 radical (unpaired) electrons. The summed E-state index contributed by atoms with van der Waals surface area (Å²) in [4.78, 5) is 30.1. The van der Waals surface area contributed by atoms with Crippen molar-refractivity contribution in [1.29, 1.82) is 0 Å². The van der Waals surface area contributed by atoms with Gasteiger partial charge in [0.15, 0.2) is 0 Å². The van der Waals surface area contributed by atoms with Crippen LogP contribution >= 0.6 is 0 Å². The smallest absolute Gasteiger partial charge is 0.336 e. The van der Waals surface area contributed by atoms with Crippen molar-refractivity contribution in [3.8, 4) is 11.5 Å². The van der Waals surface area contributed by atoms with E-state index in [9.17, 15) is 19.8 Å². The molecule has 2 aromatic rings. The highest BCUT2D eigenvalue weighted by Gasteiger charge is 2.37. The van der Waals surface area contributed by atoms with Crippen molar-refractivity contribution in [2.45, 2.75) is 109 Å². The molecule has 0 bridgehead atoms. The fraction of sp³-hybridized carbons (Fsp3) is 0.600. The fourth-order valence-corrected chi connectivity index (χ4v) is 7.44. The second kappa shape index (κ2) is 14.0. The van der Waals surface area contributed by atoms with Gasteiger partial charge in [0, 0.05) is 24.1 Å². The first-order chi connectivity index (χ1) is 20.4. The van der Waals surface area contributed by atoms with Crippen LogP contribution in [-0.4, -0.2) is 58.1 Å². The maximum absolute atomic E-state index is 13.2. The normalized spacial score (nSPS) is 18.9. The van der Waals surface area contributed by atoms with E-state index < -0.39 is 11.9 Å². The Labute approximate surface area is 250 Å². The van der Waals surface area contributed by atoms with Crippen LogP contribution in [0, 0.1) is 0 Å². The number of hydrogen-bond acceptors (Lipinski definition) is 5. The van der Waals surface area contributed by atoms with E-state index in [1.54, 1.807) is 18.2 Å². The lowest BCUT2D eigenvalue weighted by molar-refractivity contribution is 0.0681. The monoisotopic (exact) mass is 576 g/mol. The standard InChI is InChI=1S/C35H48N2O5/c1-3-5-13-28(36-17-9-7-10-18-36)32-26-21-24-15-16-25(34(38)39)22-30(24)42-31(26)23-27(35(40)41)33(32)29(14-6-4-2)37-19-11-8-12-20-37/h15-16,22-23,28-29H,3-14,17-21H2,1-2H3,(H,38,39)(H,40,41). The Morgan fingerprint density at radius 2 is 1.33 bits per heavy atom. The molecule has 0 amide bonds. The van der Waals surface area contributed by atoms with Gasteiger partial charge in [-0.2, -0.15) is 0 Å². The molecule has 0 aromatic heterocycles. The van der Waals surface area contributed by atoms with Gasteiger partial charge in [-0.15, -0.1) is 0 Å². The number of likely N-dealkylation sites (tertiary alicyclic amines) is 2. The maximum atomic E-state index is 13.2. The SMILES string of the molecule is CCCCC(c1c(C(=O)O)cc2c(c1C(CCCC)N1CCCCC1)Cc1ccc(C(=O)O)cc1O2)N1CCCCC1. The van der Waals surface area contributed by atoms with E-state index in [1.165, 1.54) is 31.2 Å². The number of benzene rings is 2. The Balaban J connectivity index is 1.74. The predicted molar refractivity (Wildman–Crippen MR) is 165 cm³/mol. The minimum atomic E-state index is -1.00. The van der Waals surface area contributed by atoms with Crippen molar-refractivity contribution >= 4 is 11.9 Å². The first-order valence-corrected chi connectivity index (χ1v) is 16.4. The van der Waals surface area contributed by atoms with Crippen molar-refractivity contribution in [2.75, 3.05) is 26.2 Å². The first kappa shape index (κ1) is 30.6. The zero-order chi connectivity index (χ0) is 29.6. The number of aromatic carboxylic acids is 2. The van der Waals surface area contributed by atoms with Crippen LogP contribution in [0.4, 0.5) is 0 Å². The molecule has 0 aliphatic carbocycles. The van der Waals surface area contributed by atoms with Gasteiger partial charge in [-0.3, -0.25) is 9.80 Å². The molecule has 7 heteroatoms. The molecule has 3 heterocycles. The lowest BCUT2D eigenvalue weighted by Crippen LogP contribution is -2.39. The molecular weight excluding hydrogens is 528 g/mol. The molecule has 3 aliphatic heterocycles. The number of piperidine rings is 2. The molecule has 228 valence electrons. The summed E-state index contributed by atoms with van der Waals surface area (Å²) in [6, 6.07) is 7.04. The zero-order valence-corrected chi connectivity index (χ0v) is 25.5. The Hall–Kier alpha value is -2.90. The topological polar surface area (TPSA) is 90.3 Å². The Kier molecular flexibility index (Phi) is 10.2. The minimum Gasteiger partial charge on any atom is -0.478 e. The number of carboxylic acid groups (broad SMARTS) is 2. The van der Waals surface area contributed by atoms with Gasteiger partial charge in [0.05, 0.1) is 11.1 Å². The highest BCUT2D eigenvalue weighted by Crippen LogP contribution is 2.48. The van der Waals surface area contributed by atoms with Gasteiger partial charge in [0.25, 0.3) is 0 Å². The number of carbonyl (C=O) groups is 2. The van der Waals surface area contributed by atoms with Crippen LogP contribution in [0.2, 0.25) is 0 Å². The molecule has 2 aromatic carbocycles.